The maximum absolute atomic E-state index is 9.31. The second-order valence-corrected chi connectivity index (χ2v) is 4.70. The van der Waals surface area contributed by atoms with E-state index in [2.05, 4.69) is 0 Å². The number of rotatable bonds is 1. The van der Waals surface area contributed by atoms with Crippen molar-refractivity contribution < 1.29 is 19.3 Å². The molecule has 82 valence electrons. The molecule has 0 radical (unpaired) electrons. The summed E-state index contributed by atoms with van der Waals surface area (Å²) in [5.74, 6) is -0.556. The third kappa shape index (κ3) is 1.56. The summed E-state index contributed by atoms with van der Waals surface area (Å²) in [6.07, 6.45) is 0.732. The summed E-state index contributed by atoms with van der Waals surface area (Å²) in [6.45, 7) is 6.24. The fraction of sp³-hybridized carbons (Fsp3) is 1.00. The highest BCUT2D eigenvalue weighted by Crippen LogP contribution is 2.39. The number of hydrogen-bond donors (Lipinski definition) is 1. The van der Waals surface area contributed by atoms with Crippen molar-refractivity contribution in [1.82, 2.24) is 0 Å². The van der Waals surface area contributed by atoms with E-state index in [0.717, 1.165) is 6.42 Å². The van der Waals surface area contributed by atoms with E-state index in [0.29, 0.717) is 6.61 Å². The molecule has 2 saturated heterocycles. The zero-order valence-corrected chi connectivity index (χ0v) is 8.95. The molecule has 3 atom stereocenters. The van der Waals surface area contributed by atoms with Gasteiger partial charge in [0.05, 0.1) is 19.3 Å². The molecular formula is C10H18O4. The minimum Gasteiger partial charge on any atom is -0.393 e. The summed E-state index contributed by atoms with van der Waals surface area (Å²) in [6, 6.07) is 0. The van der Waals surface area contributed by atoms with Crippen LogP contribution in [-0.4, -0.2) is 41.9 Å². The molecule has 14 heavy (non-hydrogen) atoms. The van der Waals surface area contributed by atoms with Crippen molar-refractivity contribution in [1.29, 1.82) is 0 Å². The zero-order chi connectivity index (χ0) is 10.4. The standard InChI is InChI=1S/C10H18O4/c1-9(2)13-7-4-5-12-10(3,6-11)8(7)14-9/h7-8,11H,4-6H2,1-3H3/t7-,8-,10-/m1/s1. The van der Waals surface area contributed by atoms with Gasteiger partial charge in [-0.25, -0.2) is 0 Å². The number of hydrogen-bond acceptors (Lipinski definition) is 4. The number of aliphatic hydroxyl groups is 1. The predicted molar refractivity (Wildman–Crippen MR) is 49.9 cm³/mol. The molecular weight excluding hydrogens is 184 g/mol. The van der Waals surface area contributed by atoms with Crippen LogP contribution in [0.4, 0.5) is 0 Å². The molecule has 2 aliphatic heterocycles. The number of fused-ring (bicyclic) bond motifs is 1. The van der Waals surface area contributed by atoms with Gasteiger partial charge in [-0.1, -0.05) is 0 Å². The molecule has 0 unspecified atom stereocenters. The summed E-state index contributed by atoms with van der Waals surface area (Å²) in [5, 5.41) is 9.31. The van der Waals surface area contributed by atoms with E-state index in [1.54, 1.807) is 0 Å². The Morgan fingerprint density at radius 1 is 1.29 bits per heavy atom. The summed E-state index contributed by atoms with van der Waals surface area (Å²) < 4.78 is 17.1. The highest BCUT2D eigenvalue weighted by atomic mass is 16.8. The maximum atomic E-state index is 9.31. The first-order valence-corrected chi connectivity index (χ1v) is 5.07. The van der Waals surface area contributed by atoms with Crippen molar-refractivity contribution >= 4 is 0 Å². The Kier molecular flexibility index (Phi) is 2.34. The first-order valence-electron chi connectivity index (χ1n) is 5.07. The smallest absolute Gasteiger partial charge is 0.163 e. The van der Waals surface area contributed by atoms with Gasteiger partial charge in [0.1, 0.15) is 11.7 Å². The van der Waals surface area contributed by atoms with E-state index in [1.165, 1.54) is 0 Å². The Bertz CT molecular complexity index is 228. The van der Waals surface area contributed by atoms with Crippen molar-refractivity contribution in [2.45, 2.75) is 50.8 Å². The summed E-state index contributed by atoms with van der Waals surface area (Å²) >= 11 is 0. The Balaban J connectivity index is 2.18. The van der Waals surface area contributed by atoms with Gasteiger partial charge in [-0.05, 0) is 27.2 Å². The van der Waals surface area contributed by atoms with Gasteiger partial charge in [-0.3, -0.25) is 0 Å². The lowest BCUT2D eigenvalue weighted by Gasteiger charge is -2.39. The third-order valence-corrected chi connectivity index (χ3v) is 2.93. The molecule has 0 spiro atoms. The van der Waals surface area contributed by atoms with Gasteiger partial charge in [0, 0.05) is 0 Å². The third-order valence-electron chi connectivity index (χ3n) is 2.93. The quantitative estimate of drug-likeness (QED) is 0.679. The van der Waals surface area contributed by atoms with Crippen molar-refractivity contribution in [3.8, 4) is 0 Å². The molecule has 0 aromatic rings. The lowest BCUT2D eigenvalue weighted by Crippen LogP contribution is -2.54. The molecule has 0 amide bonds. The molecule has 2 fully saturated rings. The van der Waals surface area contributed by atoms with Crippen molar-refractivity contribution in [3.63, 3.8) is 0 Å². The summed E-state index contributed by atoms with van der Waals surface area (Å²) in [7, 11) is 0. The zero-order valence-electron chi connectivity index (χ0n) is 8.95. The largest absolute Gasteiger partial charge is 0.393 e. The molecule has 2 aliphatic rings. The van der Waals surface area contributed by atoms with Crippen molar-refractivity contribution in [3.05, 3.63) is 0 Å². The Morgan fingerprint density at radius 3 is 2.64 bits per heavy atom. The van der Waals surface area contributed by atoms with Gasteiger partial charge in [-0.2, -0.15) is 0 Å². The van der Waals surface area contributed by atoms with Crippen LogP contribution < -0.4 is 0 Å². The second kappa shape index (κ2) is 3.17. The molecule has 0 bridgehead atoms. The molecule has 4 heteroatoms. The van der Waals surface area contributed by atoms with Gasteiger partial charge < -0.3 is 19.3 Å². The summed E-state index contributed by atoms with van der Waals surface area (Å²) in [4.78, 5) is 0. The lowest BCUT2D eigenvalue weighted by atomic mass is 9.91. The van der Waals surface area contributed by atoms with Gasteiger partial charge in [0.25, 0.3) is 0 Å². The average molecular weight is 202 g/mol. The fourth-order valence-electron chi connectivity index (χ4n) is 2.19. The van der Waals surface area contributed by atoms with Crippen LogP contribution in [0.5, 0.6) is 0 Å². The first kappa shape index (κ1) is 10.4. The van der Waals surface area contributed by atoms with Gasteiger partial charge in [0.15, 0.2) is 5.79 Å². The van der Waals surface area contributed by atoms with E-state index < -0.39 is 11.4 Å². The molecule has 0 aromatic carbocycles. The summed E-state index contributed by atoms with van der Waals surface area (Å²) in [5.41, 5.74) is -0.614. The minimum absolute atomic E-state index is 0.0341. The number of aliphatic hydroxyl groups excluding tert-OH is 1. The molecule has 2 heterocycles. The van der Waals surface area contributed by atoms with Crippen LogP contribution in [0.3, 0.4) is 0 Å². The van der Waals surface area contributed by atoms with E-state index in [4.69, 9.17) is 14.2 Å². The van der Waals surface area contributed by atoms with Crippen LogP contribution >= 0.6 is 0 Å². The highest BCUT2D eigenvalue weighted by Gasteiger charge is 2.53. The molecule has 4 nitrogen and oxygen atoms in total. The van der Waals surface area contributed by atoms with Gasteiger partial charge in [0.2, 0.25) is 0 Å². The van der Waals surface area contributed by atoms with Crippen molar-refractivity contribution in [2.24, 2.45) is 0 Å². The molecule has 2 rings (SSSR count). The highest BCUT2D eigenvalue weighted by molar-refractivity contribution is 4.98. The van der Waals surface area contributed by atoms with E-state index >= 15 is 0 Å². The van der Waals surface area contributed by atoms with Gasteiger partial charge in [-0.15, -0.1) is 0 Å². The Morgan fingerprint density at radius 2 is 2.00 bits per heavy atom. The number of ether oxygens (including phenoxy) is 3. The molecule has 0 aliphatic carbocycles. The molecule has 0 saturated carbocycles. The van der Waals surface area contributed by atoms with Crippen LogP contribution in [0.1, 0.15) is 27.2 Å². The van der Waals surface area contributed by atoms with E-state index in [9.17, 15) is 5.11 Å². The fourth-order valence-corrected chi connectivity index (χ4v) is 2.19. The predicted octanol–water partition coefficient (Wildman–Crippen LogP) is 0.678. The molecule has 0 aromatic heterocycles. The SMILES string of the molecule is CC1(C)O[C@@H]2[C@@H](CCO[C@]2(C)CO)O1. The van der Waals surface area contributed by atoms with Crippen LogP contribution in [-0.2, 0) is 14.2 Å². The van der Waals surface area contributed by atoms with Crippen LogP contribution in [0.25, 0.3) is 0 Å². The monoisotopic (exact) mass is 202 g/mol. The Labute approximate surface area is 84.1 Å². The van der Waals surface area contributed by atoms with Crippen LogP contribution in [0.2, 0.25) is 0 Å². The van der Waals surface area contributed by atoms with Crippen LogP contribution in [0.15, 0.2) is 0 Å². The normalized spacial score (nSPS) is 46.3. The van der Waals surface area contributed by atoms with Gasteiger partial charge >= 0.3 is 0 Å². The lowest BCUT2D eigenvalue weighted by molar-refractivity contribution is -0.191. The first-order chi connectivity index (χ1) is 6.47. The molecule has 1 N–H and O–H groups in total. The van der Waals surface area contributed by atoms with E-state index in [1.807, 2.05) is 20.8 Å². The topological polar surface area (TPSA) is 47.9 Å². The maximum Gasteiger partial charge on any atom is 0.163 e. The van der Waals surface area contributed by atoms with Crippen LogP contribution in [0, 0.1) is 0 Å². The van der Waals surface area contributed by atoms with Crippen molar-refractivity contribution in [2.75, 3.05) is 13.2 Å². The minimum atomic E-state index is -0.614. The van der Waals surface area contributed by atoms with E-state index in [-0.39, 0.29) is 18.8 Å². The average Bonchev–Trinajstić information content (AvgIpc) is 2.42. The second-order valence-electron chi connectivity index (χ2n) is 4.70. The Hall–Kier alpha value is -0.160.